The molecule has 3 aromatic rings. The summed E-state index contributed by atoms with van der Waals surface area (Å²) in [5.74, 6) is -0.0404. The molecule has 4 rings (SSSR count). The van der Waals surface area contributed by atoms with Crippen molar-refractivity contribution in [3.8, 4) is 11.5 Å². The van der Waals surface area contributed by atoms with Gasteiger partial charge in [-0.15, -0.1) is 10.2 Å². The van der Waals surface area contributed by atoms with Crippen molar-refractivity contribution in [3.63, 3.8) is 0 Å². The highest BCUT2D eigenvalue weighted by Gasteiger charge is 2.18. The van der Waals surface area contributed by atoms with Crippen LogP contribution in [-0.4, -0.2) is 29.2 Å². The first-order valence-electron chi connectivity index (χ1n) is 9.34. The van der Waals surface area contributed by atoms with E-state index in [1.54, 1.807) is 0 Å². The van der Waals surface area contributed by atoms with Crippen LogP contribution in [0.2, 0.25) is 0 Å². The van der Waals surface area contributed by atoms with Crippen LogP contribution in [0.5, 0.6) is 0 Å². The predicted octanol–water partition coefficient (Wildman–Crippen LogP) is 4.36. The van der Waals surface area contributed by atoms with Crippen LogP contribution in [0.25, 0.3) is 11.5 Å². The van der Waals surface area contributed by atoms with Gasteiger partial charge in [0.05, 0.1) is 0 Å². The second-order valence-corrected chi connectivity index (χ2v) is 7.09. The van der Waals surface area contributed by atoms with E-state index in [-0.39, 0.29) is 17.6 Å². The molecule has 0 aliphatic carbocycles. The first-order chi connectivity index (χ1) is 13.6. The average molecular weight is 380 g/mol. The van der Waals surface area contributed by atoms with Crippen molar-refractivity contribution in [2.24, 2.45) is 5.92 Å². The number of nitrogens with zero attached hydrogens (tertiary/aromatic N) is 3. The van der Waals surface area contributed by atoms with E-state index >= 15 is 0 Å². The zero-order valence-corrected chi connectivity index (χ0v) is 15.6. The van der Waals surface area contributed by atoms with Crippen LogP contribution in [0.4, 0.5) is 15.8 Å². The molecule has 0 bridgehead atoms. The minimum absolute atomic E-state index is 0.145. The van der Waals surface area contributed by atoms with Gasteiger partial charge in [-0.1, -0.05) is 6.92 Å². The molecule has 1 saturated heterocycles. The molecule has 6 nitrogen and oxygen atoms in total. The van der Waals surface area contributed by atoms with Crippen LogP contribution in [0, 0.1) is 11.7 Å². The smallest absolute Gasteiger partial charge is 0.313 e. The number of hydrogen-bond acceptors (Lipinski definition) is 5. The SMILES string of the molecule is CC1CCN(c2ccc(NC(=O)c3nnc(-c4ccc(F)cc4)o3)cc2)CC1. The van der Waals surface area contributed by atoms with Crippen molar-refractivity contribution in [1.29, 1.82) is 0 Å². The molecule has 0 unspecified atom stereocenters. The number of aromatic nitrogens is 2. The Bertz CT molecular complexity index is 945. The third-order valence-electron chi connectivity index (χ3n) is 4.98. The molecule has 0 atom stereocenters. The quantitative estimate of drug-likeness (QED) is 0.728. The molecule has 1 fully saturated rings. The van der Waals surface area contributed by atoms with Crippen molar-refractivity contribution in [1.82, 2.24) is 10.2 Å². The van der Waals surface area contributed by atoms with E-state index in [0.29, 0.717) is 11.3 Å². The maximum Gasteiger partial charge on any atom is 0.313 e. The van der Waals surface area contributed by atoms with Crippen molar-refractivity contribution in [3.05, 3.63) is 60.2 Å². The van der Waals surface area contributed by atoms with Crippen molar-refractivity contribution in [2.75, 3.05) is 23.3 Å². The number of piperidine rings is 1. The van der Waals surface area contributed by atoms with Gasteiger partial charge in [0, 0.05) is 30.0 Å². The summed E-state index contributed by atoms with van der Waals surface area (Å²) in [5.41, 5.74) is 2.36. The van der Waals surface area contributed by atoms with Gasteiger partial charge in [0.25, 0.3) is 0 Å². The number of anilines is 2. The molecule has 28 heavy (non-hydrogen) atoms. The number of halogens is 1. The van der Waals surface area contributed by atoms with Gasteiger partial charge in [0.2, 0.25) is 5.89 Å². The highest BCUT2D eigenvalue weighted by Crippen LogP contribution is 2.24. The van der Waals surface area contributed by atoms with Crippen LogP contribution in [0.1, 0.15) is 30.5 Å². The molecule has 0 radical (unpaired) electrons. The highest BCUT2D eigenvalue weighted by atomic mass is 19.1. The fraction of sp³-hybridized carbons (Fsp3) is 0.286. The zero-order chi connectivity index (χ0) is 19.5. The van der Waals surface area contributed by atoms with Crippen molar-refractivity contribution in [2.45, 2.75) is 19.8 Å². The zero-order valence-electron chi connectivity index (χ0n) is 15.6. The summed E-state index contributed by atoms with van der Waals surface area (Å²) in [5, 5.41) is 10.4. The summed E-state index contributed by atoms with van der Waals surface area (Å²) >= 11 is 0. The van der Waals surface area contributed by atoms with E-state index in [0.717, 1.165) is 24.7 Å². The third-order valence-corrected chi connectivity index (χ3v) is 4.98. The Morgan fingerprint density at radius 2 is 1.75 bits per heavy atom. The molecule has 144 valence electrons. The normalized spacial score (nSPS) is 14.9. The molecule has 1 aliphatic heterocycles. The Morgan fingerprint density at radius 3 is 2.43 bits per heavy atom. The van der Waals surface area contributed by atoms with E-state index in [9.17, 15) is 9.18 Å². The van der Waals surface area contributed by atoms with Crippen molar-refractivity contribution >= 4 is 17.3 Å². The molecule has 1 N–H and O–H groups in total. The molecule has 2 heterocycles. The average Bonchev–Trinajstić information content (AvgIpc) is 3.20. The first kappa shape index (κ1) is 18.2. The Labute approximate surface area is 162 Å². The minimum atomic E-state index is -0.486. The predicted molar refractivity (Wildman–Crippen MR) is 105 cm³/mol. The number of carbonyl (C=O) groups excluding carboxylic acids is 1. The second kappa shape index (κ2) is 7.80. The number of hydrogen-bond donors (Lipinski definition) is 1. The maximum absolute atomic E-state index is 13.0. The van der Waals surface area contributed by atoms with E-state index < -0.39 is 5.91 Å². The van der Waals surface area contributed by atoms with Gasteiger partial charge in [0.1, 0.15) is 5.82 Å². The van der Waals surface area contributed by atoms with Gasteiger partial charge in [0.15, 0.2) is 0 Å². The fourth-order valence-electron chi connectivity index (χ4n) is 3.23. The number of nitrogens with one attached hydrogen (secondary N) is 1. The molecular weight excluding hydrogens is 359 g/mol. The molecule has 0 saturated carbocycles. The molecule has 1 aliphatic rings. The van der Waals surface area contributed by atoms with Gasteiger partial charge in [-0.2, -0.15) is 0 Å². The molecule has 0 spiro atoms. The van der Waals surface area contributed by atoms with Crippen LogP contribution in [0.15, 0.2) is 52.9 Å². The third kappa shape index (κ3) is 4.03. The maximum atomic E-state index is 13.0. The Kier molecular flexibility index (Phi) is 5.06. The summed E-state index contributed by atoms with van der Waals surface area (Å²) in [6, 6.07) is 13.4. The Morgan fingerprint density at radius 1 is 1.07 bits per heavy atom. The Hall–Kier alpha value is -3.22. The fourth-order valence-corrected chi connectivity index (χ4v) is 3.23. The lowest BCUT2D eigenvalue weighted by molar-refractivity contribution is 0.0991. The lowest BCUT2D eigenvalue weighted by Gasteiger charge is -2.32. The van der Waals surface area contributed by atoms with Crippen LogP contribution in [0.3, 0.4) is 0 Å². The van der Waals surface area contributed by atoms with Crippen molar-refractivity contribution < 1.29 is 13.6 Å². The van der Waals surface area contributed by atoms with Gasteiger partial charge in [-0.25, -0.2) is 4.39 Å². The first-order valence-corrected chi connectivity index (χ1v) is 9.34. The van der Waals surface area contributed by atoms with Gasteiger partial charge in [-0.05, 0) is 67.3 Å². The number of amides is 1. The number of benzene rings is 2. The van der Waals surface area contributed by atoms with Gasteiger partial charge < -0.3 is 14.6 Å². The number of carbonyl (C=O) groups is 1. The summed E-state index contributed by atoms with van der Waals surface area (Å²) in [6.45, 7) is 4.40. The standard InChI is InChI=1S/C21H21FN4O2/c1-14-10-12-26(13-11-14)18-8-6-17(7-9-18)23-19(27)21-25-24-20(28-21)15-2-4-16(22)5-3-15/h2-9,14H,10-13H2,1H3,(H,23,27). The largest absolute Gasteiger partial charge is 0.412 e. The van der Waals surface area contributed by atoms with E-state index in [4.69, 9.17) is 4.42 Å². The summed E-state index contributed by atoms with van der Waals surface area (Å²) in [6.07, 6.45) is 2.40. The summed E-state index contributed by atoms with van der Waals surface area (Å²) in [4.78, 5) is 14.7. The monoisotopic (exact) mass is 380 g/mol. The molecule has 7 heteroatoms. The van der Waals surface area contributed by atoms with Crippen LogP contribution in [-0.2, 0) is 0 Å². The van der Waals surface area contributed by atoms with Gasteiger partial charge >= 0.3 is 11.8 Å². The highest BCUT2D eigenvalue weighted by molar-refractivity contribution is 6.01. The summed E-state index contributed by atoms with van der Waals surface area (Å²) in [7, 11) is 0. The lowest BCUT2D eigenvalue weighted by atomic mass is 9.99. The molecular formula is C21H21FN4O2. The summed E-state index contributed by atoms with van der Waals surface area (Å²) < 4.78 is 18.4. The van der Waals surface area contributed by atoms with Crippen LogP contribution < -0.4 is 10.2 Å². The minimum Gasteiger partial charge on any atom is -0.412 e. The second-order valence-electron chi connectivity index (χ2n) is 7.09. The molecule has 1 aromatic heterocycles. The van der Waals surface area contributed by atoms with E-state index in [2.05, 4.69) is 27.3 Å². The number of rotatable bonds is 4. The van der Waals surface area contributed by atoms with Gasteiger partial charge in [-0.3, -0.25) is 4.79 Å². The molecule has 1 amide bonds. The topological polar surface area (TPSA) is 71.3 Å². The molecule has 2 aromatic carbocycles. The lowest BCUT2D eigenvalue weighted by Crippen LogP contribution is -2.32. The van der Waals surface area contributed by atoms with E-state index in [1.165, 1.54) is 37.1 Å². The van der Waals surface area contributed by atoms with Crippen LogP contribution >= 0.6 is 0 Å². The van der Waals surface area contributed by atoms with E-state index in [1.807, 2.05) is 24.3 Å². The Balaban J connectivity index is 1.40.